The van der Waals surface area contributed by atoms with Gasteiger partial charge in [-0.25, -0.2) is 0 Å². The van der Waals surface area contributed by atoms with Crippen LogP contribution in [0.4, 0.5) is 0 Å². The molecule has 0 aromatic heterocycles. The Morgan fingerprint density at radius 2 is 2.20 bits per heavy atom. The first-order chi connectivity index (χ1) is 4.93. The molecule has 0 aromatic rings. The predicted octanol–water partition coefficient (Wildman–Crippen LogP) is 1.43. The Hall–Kier alpha value is -0.550. The van der Waals surface area contributed by atoms with Gasteiger partial charge in [-0.2, -0.15) is 5.26 Å². The van der Waals surface area contributed by atoms with Crippen LogP contribution in [-0.4, -0.2) is 12.6 Å². The second-order valence-corrected chi connectivity index (χ2v) is 2.84. The van der Waals surface area contributed by atoms with Crippen molar-refractivity contribution in [3.63, 3.8) is 0 Å². The minimum Gasteiger partial charge on any atom is -0.314 e. The summed E-state index contributed by atoms with van der Waals surface area (Å²) in [6.07, 6.45) is 5.64. The summed E-state index contributed by atoms with van der Waals surface area (Å²) < 4.78 is 0. The zero-order valence-corrected chi connectivity index (χ0v) is 6.27. The van der Waals surface area contributed by atoms with E-state index in [-0.39, 0.29) is 0 Å². The van der Waals surface area contributed by atoms with Gasteiger partial charge < -0.3 is 5.32 Å². The van der Waals surface area contributed by atoms with Gasteiger partial charge in [0.25, 0.3) is 0 Å². The lowest BCUT2D eigenvalue weighted by Crippen LogP contribution is -2.17. The molecule has 0 amide bonds. The van der Waals surface area contributed by atoms with Crippen molar-refractivity contribution in [3.8, 4) is 6.07 Å². The minimum atomic E-state index is 0.715. The number of nitriles is 1. The lowest BCUT2D eigenvalue weighted by Gasteiger charge is -1.98. The Morgan fingerprint density at radius 1 is 1.40 bits per heavy atom. The van der Waals surface area contributed by atoms with Crippen molar-refractivity contribution in [2.75, 3.05) is 6.54 Å². The molecule has 1 aliphatic carbocycles. The molecule has 0 saturated heterocycles. The molecule has 10 heavy (non-hydrogen) atoms. The predicted molar refractivity (Wildman–Crippen MR) is 40.5 cm³/mol. The normalized spacial score (nSPS) is 16.7. The van der Waals surface area contributed by atoms with E-state index in [9.17, 15) is 0 Å². The van der Waals surface area contributed by atoms with Crippen LogP contribution in [0.2, 0.25) is 0 Å². The molecule has 56 valence electrons. The smallest absolute Gasteiger partial charge is 0.0621 e. The van der Waals surface area contributed by atoms with Gasteiger partial charge in [0.15, 0.2) is 0 Å². The molecule has 0 radical (unpaired) electrons. The van der Waals surface area contributed by atoms with E-state index in [4.69, 9.17) is 5.26 Å². The van der Waals surface area contributed by atoms with Crippen LogP contribution in [0.5, 0.6) is 0 Å². The SMILES string of the molecule is N#CCCCCNC1CC1. The van der Waals surface area contributed by atoms with E-state index < -0.39 is 0 Å². The van der Waals surface area contributed by atoms with Crippen LogP contribution in [0.25, 0.3) is 0 Å². The highest BCUT2D eigenvalue weighted by molar-refractivity contribution is 4.80. The number of nitrogens with zero attached hydrogens (tertiary/aromatic N) is 1. The van der Waals surface area contributed by atoms with Gasteiger partial charge in [-0.3, -0.25) is 0 Å². The van der Waals surface area contributed by atoms with Gasteiger partial charge in [0, 0.05) is 12.5 Å². The molecule has 0 aromatic carbocycles. The van der Waals surface area contributed by atoms with Crippen LogP contribution in [0, 0.1) is 11.3 Å². The van der Waals surface area contributed by atoms with Crippen molar-refractivity contribution in [2.24, 2.45) is 0 Å². The Kier molecular flexibility index (Phi) is 3.25. The molecule has 1 saturated carbocycles. The van der Waals surface area contributed by atoms with Crippen molar-refractivity contribution >= 4 is 0 Å². The van der Waals surface area contributed by atoms with Crippen LogP contribution < -0.4 is 5.32 Å². The second kappa shape index (κ2) is 4.29. The maximum Gasteiger partial charge on any atom is 0.0621 e. The molecule has 1 rings (SSSR count). The second-order valence-electron chi connectivity index (χ2n) is 2.84. The zero-order chi connectivity index (χ0) is 7.23. The van der Waals surface area contributed by atoms with Crippen LogP contribution >= 0.6 is 0 Å². The fourth-order valence-corrected chi connectivity index (χ4v) is 0.923. The molecular weight excluding hydrogens is 124 g/mol. The lowest BCUT2D eigenvalue weighted by atomic mass is 10.2. The highest BCUT2D eigenvalue weighted by Crippen LogP contribution is 2.18. The molecule has 2 nitrogen and oxygen atoms in total. The van der Waals surface area contributed by atoms with Crippen molar-refractivity contribution < 1.29 is 0 Å². The maximum absolute atomic E-state index is 8.22. The minimum absolute atomic E-state index is 0.715. The quantitative estimate of drug-likeness (QED) is 0.583. The molecule has 0 atom stereocenters. The maximum atomic E-state index is 8.22. The van der Waals surface area contributed by atoms with E-state index in [1.165, 1.54) is 12.8 Å². The van der Waals surface area contributed by atoms with Gasteiger partial charge in [-0.1, -0.05) is 0 Å². The molecule has 1 fully saturated rings. The number of hydrogen-bond acceptors (Lipinski definition) is 2. The molecular formula is C8H14N2. The number of unbranched alkanes of at least 4 members (excludes halogenated alkanes) is 2. The van der Waals surface area contributed by atoms with E-state index >= 15 is 0 Å². The van der Waals surface area contributed by atoms with E-state index in [1.807, 2.05) is 0 Å². The monoisotopic (exact) mass is 138 g/mol. The first-order valence-corrected chi connectivity index (χ1v) is 4.04. The van der Waals surface area contributed by atoms with Gasteiger partial charge >= 0.3 is 0 Å². The molecule has 0 spiro atoms. The molecule has 0 aliphatic heterocycles. The Labute approximate surface area is 62.2 Å². The summed E-state index contributed by atoms with van der Waals surface area (Å²) in [5.41, 5.74) is 0. The van der Waals surface area contributed by atoms with E-state index in [0.717, 1.165) is 25.4 Å². The number of hydrogen-bond donors (Lipinski definition) is 1. The van der Waals surface area contributed by atoms with E-state index in [2.05, 4.69) is 11.4 Å². The highest BCUT2D eigenvalue weighted by atomic mass is 14.9. The summed E-state index contributed by atoms with van der Waals surface area (Å²) in [5, 5.41) is 11.6. The first kappa shape index (κ1) is 7.56. The summed E-state index contributed by atoms with van der Waals surface area (Å²) >= 11 is 0. The van der Waals surface area contributed by atoms with Gasteiger partial charge in [-0.15, -0.1) is 0 Å². The van der Waals surface area contributed by atoms with Crippen molar-refractivity contribution in [1.29, 1.82) is 5.26 Å². The lowest BCUT2D eigenvalue weighted by molar-refractivity contribution is 0.625. The molecule has 2 heteroatoms. The molecule has 1 aliphatic rings. The summed E-state index contributed by atoms with van der Waals surface area (Å²) in [7, 11) is 0. The van der Waals surface area contributed by atoms with Gasteiger partial charge in [0.05, 0.1) is 6.07 Å². The highest BCUT2D eigenvalue weighted by Gasteiger charge is 2.19. The fourth-order valence-electron chi connectivity index (χ4n) is 0.923. The van der Waals surface area contributed by atoms with Gasteiger partial charge in [-0.05, 0) is 32.2 Å². The van der Waals surface area contributed by atoms with Gasteiger partial charge in [0.2, 0.25) is 0 Å². The van der Waals surface area contributed by atoms with Crippen LogP contribution in [0.3, 0.4) is 0 Å². The third-order valence-electron chi connectivity index (χ3n) is 1.73. The topological polar surface area (TPSA) is 35.8 Å². The average Bonchev–Trinajstić information content (AvgIpc) is 2.71. The number of nitrogens with one attached hydrogen (secondary N) is 1. The Bertz CT molecular complexity index is 122. The first-order valence-electron chi connectivity index (χ1n) is 4.04. The molecule has 1 N–H and O–H groups in total. The summed E-state index contributed by atoms with van der Waals surface area (Å²) in [5.74, 6) is 0. The zero-order valence-electron chi connectivity index (χ0n) is 6.27. The average molecular weight is 138 g/mol. The van der Waals surface area contributed by atoms with Crippen molar-refractivity contribution in [3.05, 3.63) is 0 Å². The van der Waals surface area contributed by atoms with Crippen LogP contribution in [-0.2, 0) is 0 Å². The largest absolute Gasteiger partial charge is 0.314 e. The molecule has 0 unspecified atom stereocenters. The summed E-state index contributed by atoms with van der Waals surface area (Å²) in [4.78, 5) is 0. The number of rotatable bonds is 5. The van der Waals surface area contributed by atoms with E-state index in [0.29, 0.717) is 6.42 Å². The third kappa shape index (κ3) is 3.47. The fraction of sp³-hybridized carbons (Fsp3) is 0.875. The summed E-state index contributed by atoms with van der Waals surface area (Å²) in [6, 6.07) is 2.97. The van der Waals surface area contributed by atoms with Crippen LogP contribution in [0.1, 0.15) is 32.1 Å². The molecule has 0 bridgehead atoms. The van der Waals surface area contributed by atoms with Crippen LogP contribution in [0.15, 0.2) is 0 Å². The van der Waals surface area contributed by atoms with Gasteiger partial charge in [0.1, 0.15) is 0 Å². The Morgan fingerprint density at radius 3 is 2.80 bits per heavy atom. The van der Waals surface area contributed by atoms with Crippen molar-refractivity contribution in [2.45, 2.75) is 38.1 Å². The van der Waals surface area contributed by atoms with E-state index in [1.54, 1.807) is 0 Å². The molecule has 0 heterocycles. The standard InChI is InChI=1S/C8H14N2/c9-6-2-1-3-7-10-8-4-5-8/h8,10H,1-5,7H2. The third-order valence-corrected chi connectivity index (χ3v) is 1.73. The Balaban J connectivity index is 1.73. The van der Waals surface area contributed by atoms with Crippen molar-refractivity contribution in [1.82, 2.24) is 5.32 Å². The summed E-state index contributed by atoms with van der Waals surface area (Å²) in [6.45, 7) is 1.10.